The van der Waals surface area contributed by atoms with Gasteiger partial charge in [0.05, 0.1) is 44.6 Å². The van der Waals surface area contributed by atoms with Gasteiger partial charge in [-0.1, -0.05) is 6.92 Å². The number of hydrogen-bond acceptors (Lipinski definition) is 1. The number of aromatic nitrogens is 4. The first-order chi connectivity index (χ1) is 27.9. The first-order valence-corrected chi connectivity index (χ1v) is 16.8. The fourth-order valence-electron chi connectivity index (χ4n) is 7.10. The maximum absolute atomic E-state index is 15.7. The van der Waals surface area contributed by atoms with Crippen molar-refractivity contribution in [3.8, 4) is 33.4 Å². The summed E-state index contributed by atoms with van der Waals surface area (Å²) in [7, 11) is 0. The van der Waals surface area contributed by atoms with Crippen LogP contribution in [0.15, 0.2) is 24.3 Å². The van der Waals surface area contributed by atoms with Crippen LogP contribution < -0.4 is 0 Å². The topological polar surface area (TPSA) is 60.3 Å². The minimum atomic E-state index is -2.60. The molecule has 8 bridgehead atoms. The Morgan fingerprint density at radius 2 is 0.763 bits per heavy atom. The third kappa shape index (κ3) is 5.60. The van der Waals surface area contributed by atoms with Crippen molar-refractivity contribution >= 4 is 45.3 Å². The summed E-state index contributed by atoms with van der Waals surface area (Å²) in [5.41, 5.74) is -10.8. The van der Waals surface area contributed by atoms with Crippen molar-refractivity contribution in [3.63, 3.8) is 0 Å². The molecule has 0 radical (unpaired) electrons. The number of hydrogen-bond donors (Lipinski definition) is 3. The molecular formula is C40H17F15N4. The summed E-state index contributed by atoms with van der Waals surface area (Å²) < 4.78 is 226. The zero-order valence-corrected chi connectivity index (χ0v) is 29.3. The van der Waals surface area contributed by atoms with E-state index in [2.05, 4.69) is 19.9 Å². The van der Waals surface area contributed by atoms with E-state index in [1.807, 2.05) is 0 Å². The molecule has 19 heteroatoms. The predicted octanol–water partition coefficient (Wildman–Crippen LogP) is 12.7. The van der Waals surface area contributed by atoms with E-state index in [1.165, 1.54) is 19.1 Å². The van der Waals surface area contributed by atoms with Gasteiger partial charge in [-0.15, -0.1) is 0 Å². The molecule has 5 heterocycles. The Hall–Kier alpha value is -6.66. The van der Waals surface area contributed by atoms with Gasteiger partial charge in [-0.05, 0) is 60.9 Å². The van der Waals surface area contributed by atoms with Crippen molar-refractivity contribution in [1.82, 2.24) is 19.9 Å². The number of aryl methyl sites for hydroxylation is 2. The number of halogens is 15. The summed E-state index contributed by atoms with van der Waals surface area (Å²) in [5.74, 6) is -36.4. The summed E-state index contributed by atoms with van der Waals surface area (Å²) in [5, 5.41) is 0. The van der Waals surface area contributed by atoms with E-state index in [1.54, 1.807) is 6.92 Å². The highest BCUT2D eigenvalue weighted by molar-refractivity contribution is 6.01. The van der Waals surface area contributed by atoms with Crippen LogP contribution in [-0.2, 0) is 6.42 Å². The lowest BCUT2D eigenvalue weighted by atomic mass is 10.00. The van der Waals surface area contributed by atoms with Gasteiger partial charge < -0.3 is 15.0 Å². The van der Waals surface area contributed by atoms with Crippen molar-refractivity contribution in [3.05, 3.63) is 134 Å². The van der Waals surface area contributed by atoms with E-state index in [0.717, 1.165) is 24.3 Å². The molecule has 0 saturated heterocycles. The molecule has 3 aromatic carbocycles. The molecule has 0 amide bonds. The molecule has 0 saturated carbocycles. The van der Waals surface area contributed by atoms with Crippen LogP contribution in [0.5, 0.6) is 0 Å². The number of nitrogens with zero attached hydrogens (tertiary/aromatic N) is 1. The van der Waals surface area contributed by atoms with E-state index >= 15 is 26.3 Å². The summed E-state index contributed by atoms with van der Waals surface area (Å²) in [6.07, 6.45) is 1.74. The van der Waals surface area contributed by atoms with Crippen LogP contribution in [0.3, 0.4) is 0 Å². The Morgan fingerprint density at radius 1 is 0.390 bits per heavy atom. The number of H-pyrrole nitrogens is 3. The summed E-state index contributed by atoms with van der Waals surface area (Å²) >= 11 is 0. The maximum Gasteiger partial charge on any atom is 0.200 e. The molecule has 1 aliphatic rings. The van der Waals surface area contributed by atoms with Gasteiger partial charge in [0.2, 0.25) is 17.5 Å². The van der Waals surface area contributed by atoms with Crippen molar-refractivity contribution in [2.24, 2.45) is 0 Å². The second-order valence-electron chi connectivity index (χ2n) is 13.1. The molecule has 8 rings (SSSR count). The van der Waals surface area contributed by atoms with Gasteiger partial charge in [0, 0.05) is 33.2 Å². The Balaban J connectivity index is 1.70. The third-order valence-electron chi connectivity index (χ3n) is 9.84. The number of rotatable bonds is 4. The molecule has 4 aromatic heterocycles. The van der Waals surface area contributed by atoms with E-state index in [-0.39, 0.29) is 28.6 Å². The molecule has 7 aromatic rings. The van der Waals surface area contributed by atoms with Crippen LogP contribution in [0, 0.1) is 94.2 Å². The number of benzene rings is 3. The van der Waals surface area contributed by atoms with Gasteiger partial charge in [0.1, 0.15) is 0 Å². The molecule has 302 valence electrons. The zero-order valence-electron chi connectivity index (χ0n) is 29.3. The minimum Gasteiger partial charge on any atom is -0.354 e. The number of fused-ring (bicyclic) bond motifs is 9. The Kier molecular flexibility index (Phi) is 9.12. The average Bonchev–Trinajstić information content (AvgIpc) is 4.05. The lowest BCUT2D eigenvalue weighted by Crippen LogP contribution is -2.06. The Labute approximate surface area is 318 Å². The second kappa shape index (κ2) is 13.7. The van der Waals surface area contributed by atoms with Gasteiger partial charge in [0.15, 0.2) is 69.8 Å². The Bertz CT molecular complexity index is 3090. The quantitative estimate of drug-likeness (QED) is 0.0923. The molecule has 0 atom stereocenters. The first-order valence-electron chi connectivity index (χ1n) is 16.8. The number of nitrogens with one attached hydrogen (secondary N) is 3. The fourth-order valence-corrected chi connectivity index (χ4v) is 7.10. The normalized spacial score (nSPS) is 12.2. The van der Waals surface area contributed by atoms with E-state index in [4.69, 9.17) is 0 Å². The highest BCUT2D eigenvalue weighted by atomic mass is 19.2. The highest BCUT2D eigenvalue weighted by Crippen LogP contribution is 2.43. The lowest BCUT2D eigenvalue weighted by molar-refractivity contribution is 0.381. The van der Waals surface area contributed by atoms with Crippen LogP contribution >= 0.6 is 0 Å². The van der Waals surface area contributed by atoms with Crippen LogP contribution in [0.4, 0.5) is 65.9 Å². The van der Waals surface area contributed by atoms with Crippen molar-refractivity contribution in [1.29, 1.82) is 0 Å². The van der Waals surface area contributed by atoms with Gasteiger partial charge in [-0.3, -0.25) is 0 Å². The SMILES string of the molecule is CCc1cc2[nH]c1c1cc(C)c([nH]1)c(-c1c(F)c(F)c(F)c(F)c1F)c1nc(c(-c3c(F)c(F)c(F)c(F)c3F)c3ccc([nH]3)c2-c2c(F)c(F)c(F)c(F)c2F)C=C1. The average molecular weight is 839 g/mol. The molecular weight excluding hydrogens is 821 g/mol. The van der Waals surface area contributed by atoms with E-state index in [0.29, 0.717) is 0 Å². The van der Waals surface area contributed by atoms with Crippen LogP contribution in [0.2, 0.25) is 0 Å². The molecule has 0 spiro atoms. The van der Waals surface area contributed by atoms with E-state index in [9.17, 15) is 39.5 Å². The lowest BCUT2D eigenvalue weighted by Gasteiger charge is -2.11. The summed E-state index contributed by atoms with van der Waals surface area (Å²) in [4.78, 5) is 12.2. The Morgan fingerprint density at radius 3 is 1.22 bits per heavy atom. The minimum absolute atomic E-state index is 0.00822. The van der Waals surface area contributed by atoms with Crippen LogP contribution in [-0.4, -0.2) is 19.9 Å². The van der Waals surface area contributed by atoms with Gasteiger partial charge in [-0.2, -0.15) is 0 Å². The monoisotopic (exact) mass is 838 g/mol. The van der Waals surface area contributed by atoms with Crippen LogP contribution in [0.1, 0.15) is 29.4 Å². The zero-order chi connectivity index (χ0) is 42.7. The third-order valence-corrected chi connectivity index (χ3v) is 9.84. The molecule has 0 fully saturated rings. The highest BCUT2D eigenvalue weighted by Gasteiger charge is 2.33. The van der Waals surface area contributed by atoms with Gasteiger partial charge >= 0.3 is 0 Å². The largest absolute Gasteiger partial charge is 0.354 e. The van der Waals surface area contributed by atoms with Crippen molar-refractivity contribution in [2.45, 2.75) is 20.3 Å². The van der Waals surface area contributed by atoms with Crippen molar-refractivity contribution in [2.75, 3.05) is 0 Å². The summed E-state index contributed by atoms with van der Waals surface area (Å²) in [6.45, 7) is 2.88. The van der Waals surface area contributed by atoms with Crippen molar-refractivity contribution < 1.29 is 65.9 Å². The second-order valence-corrected chi connectivity index (χ2v) is 13.1. The molecule has 0 aliphatic carbocycles. The molecule has 4 nitrogen and oxygen atoms in total. The fraction of sp³-hybridized carbons (Fsp3) is 0.0750. The standard InChI is InChI=1S/C40H17F15N4/c1-3-11-9-16-19(22-26(43)32(49)37(54)33(50)27(22)44)14-5-4-12(56-14)18(21-24(41)30(47)36(53)31(48)25(21)42)13-6-7-15(57-13)20(39-10(2)8-17(59-39)40(11)58-16)23-28(45)34(51)38(55)35(52)29(23)46/h4-9,56,58-59H,3H2,1-2H3. The smallest absolute Gasteiger partial charge is 0.200 e. The van der Waals surface area contributed by atoms with Gasteiger partial charge in [0.25, 0.3) is 0 Å². The molecule has 1 aliphatic heterocycles. The first kappa shape index (κ1) is 39.2. The predicted molar refractivity (Wildman–Crippen MR) is 185 cm³/mol. The molecule has 3 N–H and O–H groups in total. The summed E-state index contributed by atoms with van der Waals surface area (Å²) in [6, 6.07) is 4.26. The molecule has 0 unspecified atom stereocenters. The molecule has 59 heavy (non-hydrogen) atoms. The maximum atomic E-state index is 15.7. The van der Waals surface area contributed by atoms with Gasteiger partial charge in [-0.25, -0.2) is 70.8 Å². The van der Waals surface area contributed by atoms with E-state index < -0.39 is 154 Å². The van der Waals surface area contributed by atoms with Crippen LogP contribution in [0.25, 0.3) is 78.6 Å². The number of aromatic amines is 3.